The van der Waals surface area contributed by atoms with Crippen LogP contribution in [0.1, 0.15) is 20.8 Å². The molecule has 0 bridgehead atoms. The van der Waals surface area contributed by atoms with E-state index in [1.54, 1.807) is 39.0 Å². The summed E-state index contributed by atoms with van der Waals surface area (Å²) in [6.07, 6.45) is 0. The Labute approximate surface area is 185 Å². The average Bonchev–Trinajstić information content (AvgIpc) is 2.72. The Balaban J connectivity index is 1.93. The van der Waals surface area contributed by atoms with E-state index >= 15 is 0 Å². The summed E-state index contributed by atoms with van der Waals surface area (Å²) >= 11 is 0. The molecular formula is C24H22F2O5S. The fourth-order valence-corrected chi connectivity index (χ4v) is 4.31. The summed E-state index contributed by atoms with van der Waals surface area (Å²) in [6.45, 7) is 4.70. The van der Waals surface area contributed by atoms with Crippen molar-refractivity contribution >= 4 is 15.8 Å². The normalized spacial score (nSPS) is 11.8. The summed E-state index contributed by atoms with van der Waals surface area (Å²) in [5.41, 5.74) is -0.348. The molecule has 0 atom stereocenters. The van der Waals surface area contributed by atoms with Crippen LogP contribution in [0.4, 0.5) is 8.78 Å². The van der Waals surface area contributed by atoms with Gasteiger partial charge in [-0.15, -0.1) is 0 Å². The Kier molecular flexibility index (Phi) is 6.64. The zero-order valence-electron chi connectivity index (χ0n) is 17.8. The number of rotatable bonds is 6. The first-order valence-corrected chi connectivity index (χ1v) is 11.2. The first-order valence-electron chi connectivity index (χ1n) is 9.72. The SMILES string of the molecule is CC(C)(C)OC(=O)COc1ccc(F)cc1-c1ccc(S(=O)(=O)c2ccccc2)c(F)c1. The van der Waals surface area contributed by atoms with Crippen LogP contribution in [0.5, 0.6) is 5.75 Å². The lowest BCUT2D eigenvalue weighted by atomic mass is 10.0. The zero-order chi connectivity index (χ0) is 23.5. The topological polar surface area (TPSA) is 69.7 Å². The number of carbonyl (C=O) groups is 1. The fourth-order valence-electron chi connectivity index (χ4n) is 2.97. The molecule has 0 saturated carbocycles. The van der Waals surface area contributed by atoms with Gasteiger partial charge in [-0.1, -0.05) is 24.3 Å². The molecule has 0 aliphatic rings. The quantitative estimate of drug-likeness (QED) is 0.474. The predicted molar refractivity (Wildman–Crippen MR) is 115 cm³/mol. The molecular weight excluding hydrogens is 438 g/mol. The maximum Gasteiger partial charge on any atom is 0.344 e. The van der Waals surface area contributed by atoms with Crippen molar-refractivity contribution in [3.05, 3.63) is 78.4 Å². The van der Waals surface area contributed by atoms with Crippen LogP contribution in [0, 0.1) is 11.6 Å². The third-order valence-corrected chi connectivity index (χ3v) is 6.10. The lowest BCUT2D eigenvalue weighted by Crippen LogP contribution is -2.27. The summed E-state index contributed by atoms with van der Waals surface area (Å²) in [6, 6.07) is 14.5. The van der Waals surface area contributed by atoms with Crippen LogP contribution in [0.25, 0.3) is 11.1 Å². The number of ether oxygens (including phenoxy) is 2. The van der Waals surface area contributed by atoms with Crippen molar-refractivity contribution in [2.45, 2.75) is 36.2 Å². The minimum atomic E-state index is -4.07. The Hall–Kier alpha value is -3.26. The molecule has 0 N–H and O–H groups in total. The van der Waals surface area contributed by atoms with Gasteiger partial charge in [0.05, 0.1) is 4.90 Å². The van der Waals surface area contributed by atoms with Crippen LogP contribution < -0.4 is 4.74 Å². The Morgan fingerprint density at radius 2 is 1.62 bits per heavy atom. The van der Waals surface area contributed by atoms with E-state index in [-0.39, 0.29) is 21.8 Å². The van der Waals surface area contributed by atoms with E-state index in [1.807, 2.05) is 0 Å². The van der Waals surface area contributed by atoms with Gasteiger partial charge in [-0.3, -0.25) is 0 Å². The molecule has 32 heavy (non-hydrogen) atoms. The highest BCUT2D eigenvalue weighted by atomic mass is 32.2. The van der Waals surface area contributed by atoms with E-state index in [2.05, 4.69) is 0 Å². The Bertz CT molecular complexity index is 1230. The van der Waals surface area contributed by atoms with Gasteiger partial charge >= 0.3 is 5.97 Å². The van der Waals surface area contributed by atoms with Crippen molar-refractivity contribution < 1.29 is 31.5 Å². The largest absolute Gasteiger partial charge is 0.481 e. The highest BCUT2D eigenvalue weighted by molar-refractivity contribution is 7.91. The summed E-state index contributed by atoms with van der Waals surface area (Å²) in [4.78, 5) is 11.4. The lowest BCUT2D eigenvalue weighted by Gasteiger charge is -2.20. The Morgan fingerprint density at radius 1 is 0.938 bits per heavy atom. The van der Waals surface area contributed by atoms with E-state index in [0.29, 0.717) is 0 Å². The van der Waals surface area contributed by atoms with Crippen LogP contribution in [0.2, 0.25) is 0 Å². The number of sulfone groups is 1. The fraction of sp³-hybridized carbons (Fsp3) is 0.208. The third-order valence-electron chi connectivity index (χ3n) is 4.29. The van der Waals surface area contributed by atoms with Crippen LogP contribution in [0.3, 0.4) is 0 Å². The molecule has 5 nitrogen and oxygen atoms in total. The van der Waals surface area contributed by atoms with Gasteiger partial charge in [-0.05, 0) is 68.8 Å². The molecule has 0 aliphatic heterocycles. The first-order chi connectivity index (χ1) is 15.0. The molecule has 8 heteroatoms. The van der Waals surface area contributed by atoms with Crippen LogP contribution >= 0.6 is 0 Å². The zero-order valence-corrected chi connectivity index (χ0v) is 18.6. The van der Waals surface area contributed by atoms with Crippen LogP contribution in [-0.2, 0) is 19.4 Å². The second kappa shape index (κ2) is 9.08. The molecule has 0 amide bonds. The monoisotopic (exact) mass is 460 g/mol. The summed E-state index contributed by atoms with van der Waals surface area (Å²) in [7, 11) is -4.07. The van der Waals surface area contributed by atoms with Gasteiger partial charge in [-0.2, -0.15) is 0 Å². The number of carbonyl (C=O) groups excluding carboxylic acids is 1. The van der Waals surface area contributed by atoms with E-state index in [4.69, 9.17) is 9.47 Å². The first kappa shape index (κ1) is 23.4. The van der Waals surface area contributed by atoms with E-state index in [9.17, 15) is 22.0 Å². The second-order valence-electron chi connectivity index (χ2n) is 7.98. The van der Waals surface area contributed by atoms with Gasteiger partial charge in [0.25, 0.3) is 0 Å². The molecule has 0 aromatic heterocycles. The smallest absolute Gasteiger partial charge is 0.344 e. The van der Waals surface area contributed by atoms with Crippen molar-refractivity contribution in [3.63, 3.8) is 0 Å². The van der Waals surface area contributed by atoms with Gasteiger partial charge < -0.3 is 9.47 Å². The molecule has 0 aliphatic carbocycles. The van der Waals surface area contributed by atoms with Gasteiger partial charge in [0.2, 0.25) is 9.84 Å². The van der Waals surface area contributed by atoms with Crippen molar-refractivity contribution in [3.8, 4) is 16.9 Å². The van der Waals surface area contributed by atoms with Crippen LogP contribution in [-0.4, -0.2) is 26.6 Å². The summed E-state index contributed by atoms with van der Waals surface area (Å²) < 4.78 is 64.9. The molecule has 3 aromatic carbocycles. The summed E-state index contributed by atoms with van der Waals surface area (Å²) in [5, 5.41) is 0. The molecule has 0 fully saturated rings. The van der Waals surface area contributed by atoms with E-state index in [0.717, 1.165) is 24.3 Å². The maximum absolute atomic E-state index is 14.9. The van der Waals surface area contributed by atoms with Crippen molar-refractivity contribution in [2.24, 2.45) is 0 Å². The highest BCUT2D eigenvalue weighted by Gasteiger charge is 2.23. The molecule has 3 aromatic rings. The Morgan fingerprint density at radius 3 is 2.25 bits per heavy atom. The number of esters is 1. The van der Waals surface area contributed by atoms with Crippen LogP contribution in [0.15, 0.2) is 76.5 Å². The molecule has 168 valence electrons. The standard InChI is InChI=1S/C24H22F2O5S/c1-24(2,3)31-23(27)15-30-21-11-10-17(25)14-19(21)16-9-12-22(20(26)13-16)32(28,29)18-7-5-4-6-8-18/h4-14H,15H2,1-3H3. The van der Waals surface area contributed by atoms with Crippen molar-refractivity contribution in [2.75, 3.05) is 6.61 Å². The number of hydrogen-bond acceptors (Lipinski definition) is 5. The lowest BCUT2D eigenvalue weighted by molar-refractivity contribution is -0.157. The van der Waals surface area contributed by atoms with Crippen molar-refractivity contribution in [1.82, 2.24) is 0 Å². The number of halogens is 2. The van der Waals surface area contributed by atoms with E-state index in [1.165, 1.54) is 24.3 Å². The minimum absolute atomic E-state index is 0.0428. The minimum Gasteiger partial charge on any atom is -0.481 e. The number of hydrogen-bond donors (Lipinski definition) is 0. The molecule has 3 rings (SSSR count). The second-order valence-corrected chi connectivity index (χ2v) is 9.90. The van der Waals surface area contributed by atoms with Gasteiger partial charge in [0, 0.05) is 5.56 Å². The van der Waals surface area contributed by atoms with Crippen molar-refractivity contribution in [1.29, 1.82) is 0 Å². The predicted octanol–water partition coefficient (Wildman–Crippen LogP) is 5.19. The van der Waals surface area contributed by atoms with Gasteiger partial charge in [0.1, 0.15) is 27.9 Å². The van der Waals surface area contributed by atoms with Gasteiger partial charge in [0.15, 0.2) is 6.61 Å². The molecule has 0 saturated heterocycles. The van der Waals surface area contributed by atoms with Gasteiger partial charge in [-0.25, -0.2) is 22.0 Å². The molecule has 0 unspecified atom stereocenters. The average molecular weight is 460 g/mol. The summed E-state index contributed by atoms with van der Waals surface area (Å²) in [5.74, 6) is -2.10. The maximum atomic E-state index is 14.9. The molecule has 0 heterocycles. The molecule has 0 radical (unpaired) electrons. The number of benzene rings is 3. The van der Waals surface area contributed by atoms with E-state index < -0.39 is 44.5 Å². The highest BCUT2D eigenvalue weighted by Crippen LogP contribution is 2.34. The third kappa shape index (κ3) is 5.50. The molecule has 0 spiro atoms.